The highest BCUT2D eigenvalue weighted by Gasteiger charge is 2.51. The van der Waals surface area contributed by atoms with Crippen LogP contribution in [-0.4, -0.2) is 122 Å². The number of aliphatic hydroxyl groups is 5. The topological polar surface area (TPSA) is 231 Å². The molecule has 0 amide bonds. The van der Waals surface area contributed by atoms with E-state index in [-0.39, 0.29) is 25.4 Å². The summed E-state index contributed by atoms with van der Waals surface area (Å²) in [4.78, 5) is 24.4. The van der Waals surface area contributed by atoms with E-state index in [2.05, 4.69) is 0 Å². The van der Waals surface area contributed by atoms with Crippen molar-refractivity contribution in [2.24, 2.45) is 11.7 Å². The third-order valence-corrected chi connectivity index (χ3v) is 8.58. The van der Waals surface area contributed by atoms with Gasteiger partial charge >= 0.3 is 11.9 Å². The van der Waals surface area contributed by atoms with Crippen LogP contribution in [0, 0.1) is 5.92 Å². The minimum atomic E-state index is -2.10. The second-order valence-electron chi connectivity index (χ2n) is 12.6. The first kappa shape index (κ1) is 37.1. The number of aliphatic carboxylic acids is 1. The zero-order valence-corrected chi connectivity index (χ0v) is 26.4. The highest BCUT2D eigenvalue weighted by Crippen LogP contribution is 2.39. The maximum Gasteiger partial charge on any atom is 0.330 e. The van der Waals surface area contributed by atoms with Gasteiger partial charge in [0.05, 0.1) is 48.8 Å². The second-order valence-corrected chi connectivity index (χ2v) is 12.6. The van der Waals surface area contributed by atoms with Crippen molar-refractivity contribution < 1.29 is 63.9 Å². The third kappa shape index (κ3) is 10.6. The van der Waals surface area contributed by atoms with Crippen molar-refractivity contribution in [1.82, 2.24) is 0 Å². The molecular formula is C33H47NO13. The molecular weight excluding hydrogens is 618 g/mol. The number of carbonyl (C=O) groups is 2. The quantitative estimate of drug-likeness (QED) is 0.157. The van der Waals surface area contributed by atoms with Gasteiger partial charge in [-0.15, -0.1) is 0 Å². The molecule has 4 rings (SSSR count). The van der Waals surface area contributed by atoms with Gasteiger partial charge in [0.25, 0.3) is 0 Å². The molecule has 0 radical (unpaired) electrons. The fraction of sp³-hybridized carbons (Fsp3) is 0.636. The van der Waals surface area contributed by atoms with Crippen molar-refractivity contribution >= 4 is 11.9 Å². The second kappa shape index (κ2) is 16.6. The lowest BCUT2D eigenvalue weighted by Crippen LogP contribution is -2.61. The molecule has 3 fully saturated rings. The van der Waals surface area contributed by atoms with E-state index in [1.807, 2.05) is 6.08 Å². The maximum atomic E-state index is 12.3. The van der Waals surface area contributed by atoms with E-state index >= 15 is 0 Å². The molecule has 0 aromatic heterocycles. The molecule has 4 heterocycles. The molecule has 0 aromatic rings. The molecule has 47 heavy (non-hydrogen) atoms. The zero-order chi connectivity index (χ0) is 34.3. The van der Waals surface area contributed by atoms with Gasteiger partial charge < -0.3 is 60.1 Å². The number of epoxide rings is 1. The van der Waals surface area contributed by atoms with Crippen LogP contribution >= 0.6 is 0 Å². The van der Waals surface area contributed by atoms with Gasteiger partial charge in [-0.05, 0) is 19.9 Å². The summed E-state index contributed by atoms with van der Waals surface area (Å²) in [6.07, 6.45) is 5.25. The highest BCUT2D eigenvalue weighted by molar-refractivity contribution is 5.82. The fourth-order valence-corrected chi connectivity index (χ4v) is 6.00. The first-order chi connectivity index (χ1) is 22.3. The molecule has 4 aliphatic rings. The molecule has 8 N–H and O–H groups in total. The van der Waals surface area contributed by atoms with Crippen LogP contribution in [0.2, 0.25) is 0 Å². The number of hydrogen-bond donors (Lipinski definition) is 7. The molecule has 14 heteroatoms. The Labute approximate surface area is 273 Å². The summed E-state index contributed by atoms with van der Waals surface area (Å²) in [5.74, 6) is -5.45. The number of carbonyl (C=O) groups excluding carboxylic acids is 1. The molecule has 12 unspecified atom stereocenters. The Morgan fingerprint density at radius 2 is 1.64 bits per heavy atom. The van der Waals surface area contributed by atoms with Gasteiger partial charge in [0.1, 0.15) is 24.2 Å². The smallest absolute Gasteiger partial charge is 0.330 e. The molecule has 262 valence electrons. The van der Waals surface area contributed by atoms with E-state index in [0.717, 1.165) is 0 Å². The Morgan fingerprint density at radius 3 is 2.36 bits per heavy atom. The van der Waals surface area contributed by atoms with Crippen LogP contribution in [0.4, 0.5) is 0 Å². The summed E-state index contributed by atoms with van der Waals surface area (Å²) >= 11 is 0. The molecule has 3 saturated heterocycles. The van der Waals surface area contributed by atoms with E-state index in [0.29, 0.717) is 6.42 Å². The molecule has 2 bridgehead atoms. The van der Waals surface area contributed by atoms with E-state index in [9.17, 15) is 40.2 Å². The number of fused-ring (bicyclic) bond motifs is 3. The highest BCUT2D eigenvalue weighted by atomic mass is 16.7. The minimum absolute atomic E-state index is 0.0789. The number of ether oxygens (including phenoxy) is 5. The van der Waals surface area contributed by atoms with Crippen LogP contribution in [0.1, 0.15) is 46.0 Å². The number of esters is 1. The number of hydrogen-bond acceptors (Lipinski definition) is 13. The van der Waals surface area contributed by atoms with Crippen LogP contribution < -0.4 is 5.73 Å². The standard InChI is InChI=1S/C33H47NO13/c1-18-10-8-6-4-3-5-7-9-11-21(45-32-30(39)28(34)29(38)19(2)44-32)15-25-27(31(40)41)22(36)17-33(42,47-25)16-20(35)14-24-23(46-24)12-13-26(37)43-18/h3-9,11-13,18-25,27-30,32,35-36,38-39,42H,10,14-17,34H2,1-2H3,(H,40,41)/b4-3+,7-5+,8-6-,11-9+,13-12-/t18?,19?,20?,21?,22?,23?,24?,25?,27?,28?,29-,30?,32+,33?/m1/s1. The van der Waals surface area contributed by atoms with Crippen molar-refractivity contribution in [2.45, 2.75) is 125 Å². The van der Waals surface area contributed by atoms with E-state index in [4.69, 9.17) is 29.4 Å². The molecule has 14 nitrogen and oxygen atoms in total. The first-order valence-corrected chi connectivity index (χ1v) is 15.9. The van der Waals surface area contributed by atoms with Crippen molar-refractivity contribution in [3.63, 3.8) is 0 Å². The summed E-state index contributed by atoms with van der Waals surface area (Å²) in [7, 11) is 0. The van der Waals surface area contributed by atoms with Gasteiger partial charge in [-0.3, -0.25) is 4.79 Å². The average Bonchev–Trinajstić information content (AvgIpc) is 3.72. The van der Waals surface area contributed by atoms with Gasteiger partial charge in [0.2, 0.25) is 0 Å². The minimum Gasteiger partial charge on any atom is -0.481 e. The van der Waals surface area contributed by atoms with Crippen molar-refractivity contribution in [3.8, 4) is 0 Å². The number of carboxylic acids is 1. The fourth-order valence-electron chi connectivity index (χ4n) is 6.00. The van der Waals surface area contributed by atoms with Gasteiger partial charge in [-0.1, -0.05) is 48.6 Å². The van der Waals surface area contributed by atoms with Gasteiger partial charge in [-0.25, -0.2) is 4.79 Å². The Kier molecular flexibility index (Phi) is 13.1. The van der Waals surface area contributed by atoms with Crippen LogP contribution in [0.3, 0.4) is 0 Å². The van der Waals surface area contributed by atoms with Crippen LogP contribution in [0.5, 0.6) is 0 Å². The lowest BCUT2D eigenvalue weighted by atomic mass is 9.83. The molecule has 0 spiro atoms. The number of aliphatic hydroxyl groups excluding tert-OH is 4. The van der Waals surface area contributed by atoms with E-state index < -0.39 is 97.3 Å². The lowest BCUT2D eigenvalue weighted by molar-refractivity contribution is -0.308. The monoisotopic (exact) mass is 665 g/mol. The summed E-state index contributed by atoms with van der Waals surface area (Å²) < 4.78 is 28.5. The van der Waals surface area contributed by atoms with Crippen molar-refractivity contribution in [2.75, 3.05) is 0 Å². The van der Waals surface area contributed by atoms with E-state index in [1.165, 1.54) is 12.2 Å². The molecule has 14 atom stereocenters. The van der Waals surface area contributed by atoms with Gasteiger partial charge in [0.15, 0.2) is 12.1 Å². The first-order valence-electron chi connectivity index (χ1n) is 15.9. The molecule has 0 aromatic carbocycles. The number of rotatable bonds is 3. The van der Waals surface area contributed by atoms with E-state index in [1.54, 1.807) is 56.4 Å². The third-order valence-electron chi connectivity index (χ3n) is 8.58. The van der Waals surface area contributed by atoms with Crippen LogP contribution in [0.15, 0.2) is 60.8 Å². The zero-order valence-electron chi connectivity index (χ0n) is 26.4. The number of cyclic esters (lactones) is 1. The molecule has 0 aliphatic carbocycles. The summed E-state index contributed by atoms with van der Waals surface area (Å²) in [6.45, 7) is 3.34. The molecule has 0 saturated carbocycles. The largest absolute Gasteiger partial charge is 0.481 e. The van der Waals surface area contributed by atoms with Gasteiger partial charge in [-0.2, -0.15) is 0 Å². The summed E-state index contributed by atoms with van der Waals surface area (Å²) in [5, 5.41) is 63.9. The normalized spacial score (nSPS) is 47.2. The predicted octanol–water partition coefficient (Wildman–Crippen LogP) is 0.120. The predicted molar refractivity (Wildman–Crippen MR) is 165 cm³/mol. The molecule has 4 aliphatic heterocycles. The number of allylic oxidation sites excluding steroid dienone is 6. The van der Waals surface area contributed by atoms with Crippen LogP contribution in [0.25, 0.3) is 0 Å². The SMILES string of the molecule is CC1C\C=C/C=C/C=C/C=C/C(O[C@@H]2OC(C)[C@@H](O)C(N)C2O)CC2OC(O)(CC(O)CC3OC3/C=C\C(=O)O1)CC(O)C2C(=O)O. The average molecular weight is 666 g/mol. The maximum absolute atomic E-state index is 12.3. The number of nitrogens with two attached hydrogens (primary N) is 1. The Hall–Kier alpha value is -2.76. The Morgan fingerprint density at radius 1 is 0.936 bits per heavy atom. The number of carboxylic acid groups (broad SMARTS) is 1. The lowest BCUT2D eigenvalue weighted by Gasteiger charge is -2.45. The Balaban J connectivity index is 1.58. The summed E-state index contributed by atoms with van der Waals surface area (Å²) in [6, 6.07) is -1.08. The Bertz CT molecular complexity index is 1220. The van der Waals surface area contributed by atoms with Crippen LogP contribution in [-0.2, 0) is 33.3 Å². The van der Waals surface area contributed by atoms with Crippen molar-refractivity contribution in [1.29, 1.82) is 0 Å². The van der Waals surface area contributed by atoms with Crippen molar-refractivity contribution in [3.05, 3.63) is 60.8 Å². The summed E-state index contributed by atoms with van der Waals surface area (Å²) in [5.41, 5.74) is 5.98. The van der Waals surface area contributed by atoms with Gasteiger partial charge in [0, 0.05) is 38.2 Å².